The summed E-state index contributed by atoms with van der Waals surface area (Å²) >= 11 is 0. The van der Waals surface area contributed by atoms with Crippen LogP contribution in [0.3, 0.4) is 0 Å². The highest BCUT2D eigenvalue weighted by Crippen LogP contribution is 2.12. The van der Waals surface area contributed by atoms with Gasteiger partial charge < -0.3 is 0 Å². The number of rotatable bonds is 2. The molecule has 5 heteroatoms. The minimum absolute atomic E-state index is 0.384. The largest absolute Gasteiger partial charge is 0.268 e. The van der Waals surface area contributed by atoms with E-state index < -0.39 is 0 Å². The van der Waals surface area contributed by atoms with Crippen LogP contribution >= 0.6 is 0 Å². The minimum Gasteiger partial charge on any atom is -0.268 e. The Balaban J connectivity index is 2.02. The molecule has 2 rings (SSSR count). The van der Waals surface area contributed by atoms with E-state index in [-0.39, 0.29) is 0 Å². The van der Waals surface area contributed by atoms with E-state index in [4.69, 9.17) is 0 Å². The summed E-state index contributed by atoms with van der Waals surface area (Å²) in [6.45, 7) is 3.60. The number of hydrogen-bond donors (Lipinski definition) is 0. The second kappa shape index (κ2) is 3.47. The molecule has 0 N–H and O–H groups in total. The lowest BCUT2D eigenvalue weighted by molar-refractivity contribution is 0.239. The van der Waals surface area contributed by atoms with Crippen molar-refractivity contribution in [3.05, 3.63) is 24.3 Å². The lowest BCUT2D eigenvalue weighted by Gasteiger charge is -2.16. The van der Waals surface area contributed by atoms with Crippen LogP contribution in [0, 0.1) is 0 Å². The third kappa shape index (κ3) is 1.80. The van der Waals surface area contributed by atoms with Gasteiger partial charge in [0.05, 0.1) is 24.8 Å². The summed E-state index contributed by atoms with van der Waals surface area (Å²) in [5, 5.41) is 9.89. The van der Waals surface area contributed by atoms with Gasteiger partial charge in [-0.25, -0.2) is 9.97 Å². The van der Waals surface area contributed by atoms with Crippen molar-refractivity contribution >= 4 is 0 Å². The average molecular weight is 177 g/mol. The predicted octanol–water partition coefficient (Wildman–Crippen LogP) is 1.05. The normalized spacial score (nSPS) is 21.0. The Morgan fingerprint density at radius 3 is 3.15 bits per heavy atom. The Bertz CT molecular complexity index is 297. The van der Waals surface area contributed by atoms with Crippen LogP contribution in [-0.4, -0.2) is 27.6 Å². The van der Waals surface area contributed by atoms with Gasteiger partial charge in [-0.05, 0) is 13.0 Å². The summed E-state index contributed by atoms with van der Waals surface area (Å²) in [4.78, 5) is 7.98. The second-order valence-electron chi connectivity index (χ2n) is 3.06. The molecule has 0 saturated carbocycles. The van der Waals surface area contributed by atoms with Gasteiger partial charge in [0.1, 0.15) is 6.33 Å². The molecule has 1 unspecified atom stereocenters. The Morgan fingerprint density at radius 1 is 1.62 bits per heavy atom. The van der Waals surface area contributed by atoms with Crippen LogP contribution in [0.25, 0.3) is 0 Å². The lowest BCUT2D eigenvalue weighted by Crippen LogP contribution is -2.25. The van der Waals surface area contributed by atoms with Crippen LogP contribution in [-0.2, 0) is 6.54 Å². The van der Waals surface area contributed by atoms with E-state index in [0.717, 1.165) is 12.2 Å². The van der Waals surface area contributed by atoms with Crippen molar-refractivity contribution in [3.8, 4) is 0 Å². The molecule has 0 amide bonds. The highest BCUT2D eigenvalue weighted by molar-refractivity contribution is 4.97. The molecule has 0 saturated heterocycles. The van der Waals surface area contributed by atoms with E-state index in [1.54, 1.807) is 12.5 Å². The van der Waals surface area contributed by atoms with Crippen LogP contribution in [0.4, 0.5) is 0 Å². The summed E-state index contributed by atoms with van der Waals surface area (Å²) in [7, 11) is 0. The van der Waals surface area contributed by atoms with E-state index >= 15 is 0 Å². The zero-order valence-electron chi connectivity index (χ0n) is 7.46. The van der Waals surface area contributed by atoms with Crippen LogP contribution < -0.4 is 0 Å². The van der Waals surface area contributed by atoms with Gasteiger partial charge in [-0.3, -0.25) is 5.01 Å². The molecule has 1 aromatic rings. The van der Waals surface area contributed by atoms with Crippen LogP contribution in [0.15, 0.2) is 28.9 Å². The first-order valence-electron chi connectivity index (χ1n) is 4.25. The summed E-state index contributed by atoms with van der Waals surface area (Å²) < 4.78 is 0. The first-order chi connectivity index (χ1) is 6.36. The van der Waals surface area contributed by atoms with Gasteiger partial charge in [0.2, 0.25) is 0 Å². The molecule has 2 heterocycles. The van der Waals surface area contributed by atoms with Gasteiger partial charge in [-0.1, -0.05) is 5.22 Å². The molecule has 1 aromatic heterocycles. The monoisotopic (exact) mass is 177 g/mol. The molecule has 0 spiro atoms. The van der Waals surface area contributed by atoms with Gasteiger partial charge in [0.15, 0.2) is 0 Å². The number of aromatic nitrogens is 2. The third-order valence-corrected chi connectivity index (χ3v) is 2.00. The maximum Gasteiger partial charge on any atom is 0.115 e. The quantitative estimate of drug-likeness (QED) is 0.678. The Hall–Kier alpha value is -1.52. The van der Waals surface area contributed by atoms with Crippen LogP contribution in [0.5, 0.6) is 0 Å². The molecule has 1 atom stereocenters. The SMILES string of the molecule is CC1CN=NN1Cc1ccncn1. The summed E-state index contributed by atoms with van der Waals surface area (Å²) in [6, 6.07) is 2.27. The van der Waals surface area contributed by atoms with Gasteiger partial charge in [0.25, 0.3) is 0 Å². The summed E-state index contributed by atoms with van der Waals surface area (Å²) in [5.74, 6) is 0. The van der Waals surface area contributed by atoms with E-state index in [1.807, 2.05) is 11.1 Å². The van der Waals surface area contributed by atoms with E-state index in [0.29, 0.717) is 12.6 Å². The first kappa shape index (κ1) is 8.10. The topological polar surface area (TPSA) is 53.7 Å². The van der Waals surface area contributed by atoms with Crippen molar-refractivity contribution in [1.29, 1.82) is 0 Å². The van der Waals surface area contributed by atoms with Crippen molar-refractivity contribution in [2.75, 3.05) is 6.54 Å². The predicted molar refractivity (Wildman–Crippen MR) is 46.8 cm³/mol. The van der Waals surface area contributed by atoms with Gasteiger partial charge in [-0.2, -0.15) is 5.11 Å². The molecule has 0 aliphatic carbocycles. The fraction of sp³-hybridized carbons (Fsp3) is 0.500. The zero-order valence-corrected chi connectivity index (χ0v) is 7.46. The average Bonchev–Trinajstić information content (AvgIpc) is 2.54. The van der Waals surface area contributed by atoms with E-state index in [9.17, 15) is 0 Å². The Kier molecular flexibility index (Phi) is 2.16. The molecule has 5 nitrogen and oxygen atoms in total. The van der Waals surface area contributed by atoms with Crippen molar-refractivity contribution in [2.24, 2.45) is 10.3 Å². The standard InChI is InChI=1S/C8H11N5/c1-7-4-11-12-13(7)5-8-2-3-9-6-10-8/h2-3,6-7H,4-5H2,1H3. The maximum absolute atomic E-state index is 4.12. The van der Waals surface area contributed by atoms with Crippen molar-refractivity contribution in [1.82, 2.24) is 15.0 Å². The maximum atomic E-state index is 4.12. The molecular formula is C8H11N5. The van der Waals surface area contributed by atoms with Crippen molar-refractivity contribution < 1.29 is 0 Å². The molecule has 0 fully saturated rings. The van der Waals surface area contributed by atoms with Crippen molar-refractivity contribution in [3.63, 3.8) is 0 Å². The molecule has 68 valence electrons. The fourth-order valence-electron chi connectivity index (χ4n) is 1.18. The molecule has 1 aliphatic heterocycles. The molecule has 0 radical (unpaired) electrons. The van der Waals surface area contributed by atoms with E-state index in [2.05, 4.69) is 27.2 Å². The molecule has 0 bridgehead atoms. The van der Waals surface area contributed by atoms with Crippen LogP contribution in [0.1, 0.15) is 12.6 Å². The zero-order chi connectivity index (χ0) is 9.10. The highest BCUT2D eigenvalue weighted by atomic mass is 15.6. The van der Waals surface area contributed by atoms with Gasteiger partial charge in [-0.15, -0.1) is 0 Å². The Morgan fingerprint density at radius 2 is 2.54 bits per heavy atom. The number of hydrogen-bond acceptors (Lipinski definition) is 5. The molecule has 0 aromatic carbocycles. The minimum atomic E-state index is 0.384. The lowest BCUT2D eigenvalue weighted by atomic mass is 10.3. The molecule has 13 heavy (non-hydrogen) atoms. The fourth-order valence-corrected chi connectivity index (χ4v) is 1.18. The van der Waals surface area contributed by atoms with Crippen LogP contribution in [0.2, 0.25) is 0 Å². The third-order valence-electron chi connectivity index (χ3n) is 2.00. The Labute approximate surface area is 76.5 Å². The van der Waals surface area contributed by atoms with Gasteiger partial charge in [0, 0.05) is 6.20 Å². The smallest absolute Gasteiger partial charge is 0.115 e. The van der Waals surface area contributed by atoms with Crippen molar-refractivity contribution in [2.45, 2.75) is 19.5 Å². The summed E-state index contributed by atoms with van der Waals surface area (Å²) in [5.41, 5.74) is 0.975. The molecule has 1 aliphatic rings. The highest BCUT2D eigenvalue weighted by Gasteiger charge is 2.17. The van der Waals surface area contributed by atoms with Gasteiger partial charge >= 0.3 is 0 Å². The van der Waals surface area contributed by atoms with E-state index in [1.165, 1.54) is 0 Å². The summed E-state index contributed by atoms with van der Waals surface area (Å²) in [6.07, 6.45) is 3.29. The second-order valence-corrected chi connectivity index (χ2v) is 3.06. The first-order valence-corrected chi connectivity index (χ1v) is 4.25. The number of nitrogens with zero attached hydrogens (tertiary/aromatic N) is 5. The molecular weight excluding hydrogens is 166 g/mol.